The number of aromatic nitrogens is 2. The summed E-state index contributed by atoms with van der Waals surface area (Å²) >= 11 is 0. The van der Waals surface area contributed by atoms with Crippen LogP contribution in [0.4, 0.5) is 5.82 Å². The highest BCUT2D eigenvalue weighted by molar-refractivity contribution is 5.95. The summed E-state index contributed by atoms with van der Waals surface area (Å²) in [5.41, 5.74) is 3.25. The van der Waals surface area contributed by atoms with Gasteiger partial charge < -0.3 is 5.32 Å². The van der Waals surface area contributed by atoms with Gasteiger partial charge >= 0.3 is 0 Å². The molecule has 0 aliphatic carbocycles. The molecule has 1 fully saturated rings. The molecule has 2 aliphatic rings. The van der Waals surface area contributed by atoms with Crippen LogP contribution >= 0.6 is 0 Å². The summed E-state index contributed by atoms with van der Waals surface area (Å²) in [4.78, 5) is 24.1. The quantitative estimate of drug-likeness (QED) is 0.936. The van der Waals surface area contributed by atoms with E-state index in [-0.39, 0.29) is 11.9 Å². The van der Waals surface area contributed by atoms with Crippen molar-refractivity contribution >= 4 is 11.7 Å². The molecule has 25 heavy (non-hydrogen) atoms. The number of nitrogens with zero attached hydrogens (tertiary/aromatic N) is 3. The maximum Gasteiger partial charge on any atom is 0.228 e. The fraction of sp³-hybridized carbons (Fsp3) is 0.450. The van der Waals surface area contributed by atoms with Crippen molar-refractivity contribution in [3.05, 3.63) is 53.0 Å². The van der Waals surface area contributed by atoms with Gasteiger partial charge in [-0.1, -0.05) is 36.8 Å². The van der Waals surface area contributed by atoms with Crippen LogP contribution in [0, 0.1) is 6.92 Å². The minimum absolute atomic E-state index is 0.150. The van der Waals surface area contributed by atoms with E-state index in [0.717, 1.165) is 47.8 Å². The van der Waals surface area contributed by atoms with Crippen LogP contribution in [-0.2, 0) is 17.8 Å². The Labute approximate surface area is 148 Å². The average molecular weight is 336 g/mol. The van der Waals surface area contributed by atoms with E-state index in [1.807, 2.05) is 30.0 Å². The summed E-state index contributed by atoms with van der Waals surface area (Å²) in [6.45, 7) is 3.63. The Kier molecular flexibility index (Phi) is 4.49. The van der Waals surface area contributed by atoms with Crippen molar-refractivity contribution in [3.8, 4) is 0 Å². The molecule has 0 saturated carbocycles. The van der Waals surface area contributed by atoms with Gasteiger partial charge in [-0.05, 0) is 38.3 Å². The second-order valence-corrected chi connectivity index (χ2v) is 6.94. The summed E-state index contributed by atoms with van der Waals surface area (Å²) in [7, 11) is 0. The number of carbonyl (C=O) groups excluding carboxylic acids is 1. The Bertz CT molecular complexity index is 769. The zero-order chi connectivity index (χ0) is 17.2. The molecule has 1 atom stereocenters. The Balaban J connectivity index is 1.71. The first-order valence-corrected chi connectivity index (χ1v) is 9.17. The second kappa shape index (κ2) is 6.92. The Hall–Kier alpha value is -2.27. The predicted octanol–water partition coefficient (Wildman–Crippen LogP) is 3.08. The number of nitrogens with one attached hydrogen (secondary N) is 1. The third-order valence-corrected chi connectivity index (χ3v) is 5.16. The third-order valence-electron chi connectivity index (χ3n) is 5.16. The summed E-state index contributed by atoms with van der Waals surface area (Å²) in [5, 5.41) is 3.52. The lowest BCUT2D eigenvalue weighted by Crippen LogP contribution is -2.37. The Morgan fingerprint density at radius 1 is 1.16 bits per heavy atom. The molecule has 2 aromatic rings. The van der Waals surface area contributed by atoms with Crippen molar-refractivity contribution in [3.63, 3.8) is 0 Å². The van der Waals surface area contributed by atoms with Crippen LogP contribution in [-0.4, -0.2) is 22.4 Å². The number of aryl methyl sites for hydroxylation is 1. The molecule has 5 nitrogen and oxygen atoms in total. The zero-order valence-corrected chi connectivity index (χ0v) is 14.7. The molecule has 1 saturated heterocycles. The van der Waals surface area contributed by atoms with Crippen molar-refractivity contribution in [2.75, 3.05) is 11.4 Å². The number of rotatable bonds is 3. The SMILES string of the molecule is Cc1nc([C@@H]2CCCCN2)nc2c1CCC(=O)N2Cc1ccccc1. The van der Waals surface area contributed by atoms with Gasteiger partial charge in [-0.25, -0.2) is 9.97 Å². The number of benzene rings is 1. The molecule has 1 aromatic heterocycles. The van der Waals surface area contributed by atoms with Gasteiger partial charge in [-0.15, -0.1) is 0 Å². The normalized spacial score (nSPS) is 20.4. The molecule has 2 aliphatic heterocycles. The summed E-state index contributed by atoms with van der Waals surface area (Å²) < 4.78 is 0. The van der Waals surface area contributed by atoms with Gasteiger partial charge in [0.05, 0.1) is 12.6 Å². The average Bonchev–Trinajstić information content (AvgIpc) is 2.65. The smallest absolute Gasteiger partial charge is 0.228 e. The highest BCUT2D eigenvalue weighted by Gasteiger charge is 2.29. The number of piperidine rings is 1. The van der Waals surface area contributed by atoms with E-state index in [9.17, 15) is 4.79 Å². The number of fused-ring (bicyclic) bond motifs is 1. The first-order chi connectivity index (χ1) is 12.2. The minimum atomic E-state index is 0.150. The molecule has 1 aromatic carbocycles. The van der Waals surface area contributed by atoms with Crippen LogP contribution < -0.4 is 10.2 Å². The van der Waals surface area contributed by atoms with Gasteiger partial charge in [0.15, 0.2) is 0 Å². The molecule has 1 amide bonds. The molecular weight excluding hydrogens is 312 g/mol. The van der Waals surface area contributed by atoms with Crippen LogP contribution in [0.15, 0.2) is 30.3 Å². The highest BCUT2D eigenvalue weighted by atomic mass is 16.2. The number of carbonyl (C=O) groups is 1. The van der Waals surface area contributed by atoms with E-state index in [0.29, 0.717) is 13.0 Å². The predicted molar refractivity (Wildman–Crippen MR) is 97.3 cm³/mol. The lowest BCUT2D eigenvalue weighted by Gasteiger charge is -2.31. The van der Waals surface area contributed by atoms with Gasteiger partial charge in [0.2, 0.25) is 5.91 Å². The van der Waals surface area contributed by atoms with Crippen LogP contribution in [0.2, 0.25) is 0 Å². The Morgan fingerprint density at radius 3 is 2.76 bits per heavy atom. The van der Waals surface area contributed by atoms with Crippen LogP contribution in [0.1, 0.15) is 54.4 Å². The summed E-state index contributed by atoms with van der Waals surface area (Å²) in [5.74, 6) is 1.80. The largest absolute Gasteiger partial charge is 0.307 e. The maximum atomic E-state index is 12.6. The van der Waals surface area contributed by atoms with Crippen molar-refractivity contribution in [1.82, 2.24) is 15.3 Å². The number of hydrogen-bond acceptors (Lipinski definition) is 4. The lowest BCUT2D eigenvalue weighted by molar-refractivity contribution is -0.119. The van der Waals surface area contributed by atoms with Gasteiger partial charge in [0, 0.05) is 17.7 Å². The molecular formula is C20H24N4O. The monoisotopic (exact) mass is 336 g/mol. The number of amides is 1. The van der Waals surface area contributed by atoms with Gasteiger partial charge in [-0.3, -0.25) is 9.69 Å². The van der Waals surface area contributed by atoms with E-state index in [1.165, 1.54) is 12.8 Å². The van der Waals surface area contributed by atoms with E-state index in [2.05, 4.69) is 17.4 Å². The van der Waals surface area contributed by atoms with E-state index in [4.69, 9.17) is 9.97 Å². The Morgan fingerprint density at radius 2 is 2.00 bits per heavy atom. The first-order valence-electron chi connectivity index (χ1n) is 9.17. The standard InChI is InChI=1S/C20H24N4O/c1-14-16-10-11-18(25)24(13-15-7-3-2-4-8-15)20(16)23-19(22-14)17-9-5-6-12-21-17/h2-4,7-8,17,21H,5-6,9-13H2,1H3/t17-/m0/s1. The minimum Gasteiger partial charge on any atom is -0.307 e. The van der Waals surface area contributed by atoms with Crippen molar-refractivity contribution in [2.45, 2.75) is 51.6 Å². The summed E-state index contributed by atoms with van der Waals surface area (Å²) in [6.07, 6.45) is 4.74. The van der Waals surface area contributed by atoms with Gasteiger partial charge in [0.25, 0.3) is 0 Å². The topological polar surface area (TPSA) is 58.1 Å². The van der Waals surface area contributed by atoms with E-state index in [1.54, 1.807) is 0 Å². The van der Waals surface area contributed by atoms with Crippen LogP contribution in [0.3, 0.4) is 0 Å². The molecule has 0 radical (unpaired) electrons. The maximum absolute atomic E-state index is 12.6. The second-order valence-electron chi connectivity index (χ2n) is 6.94. The van der Waals surface area contributed by atoms with E-state index < -0.39 is 0 Å². The lowest BCUT2D eigenvalue weighted by atomic mass is 10.0. The third kappa shape index (κ3) is 3.29. The van der Waals surface area contributed by atoms with Crippen LogP contribution in [0.5, 0.6) is 0 Å². The molecule has 130 valence electrons. The van der Waals surface area contributed by atoms with Crippen molar-refractivity contribution < 1.29 is 4.79 Å². The molecule has 0 bridgehead atoms. The molecule has 4 rings (SSSR count). The summed E-state index contributed by atoms with van der Waals surface area (Å²) in [6, 6.07) is 10.3. The number of hydrogen-bond donors (Lipinski definition) is 1. The zero-order valence-electron chi connectivity index (χ0n) is 14.7. The van der Waals surface area contributed by atoms with E-state index >= 15 is 0 Å². The van der Waals surface area contributed by atoms with Crippen molar-refractivity contribution in [2.24, 2.45) is 0 Å². The molecule has 0 spiro atoms. The molecule has 5 heteroatoms. The first kappa shape index (κ1) is 16.2. The van der Waals surface area contributed by atoms with Crippen molar-refractivity contribution in [1.29, 1.82) is 0 Å². The highest BCUT2D eigenvalue weighted by Crippen LogP contribution is 2.31. The van der Waals surface area contributed by atoms with Gasteiger partial charge in [-0.2, -0.15) is 0 Å². The molecule has 0 unspecified atom stereocenters. The molecule has 1 N–H and O–H groups in total. The molecule has 3 heterocycles. The van der Waals surface area contributed by atoms with Crippen LogP contribution in [0.25, 0.3) is 0 Å². The fourth-order valence-corrected chi connectivity index (χ4v) is 3.76. The fourth-order valence-electron chi connectivity index (χ4n) is 3.76. The van der Waals surface area contributed by atoms with Gasteiger partial charge in [0.1, 0.15) is 11.6 Å². The number of anilines is 1.